The fraction of sp³-hybridized carbons (Fsp3) is 0.385. The Morgan fingerprint density at radius 2 is 2.44 bits per heavy atom. The third-order valence-corrected chi connectivity index (χ3v) is 4.53. The summed E-state index contributed by atoms with van der Waals surface area (Å²) in [5, 5.41) is 13.5. The van der Waals surface area contributed by atoms with Crippen LogP contribution in [0.25, 0.3) is 11.3 Å². The van der Waals surface area contributed by atoms with Crippen molar-refractivity contribution in [3.8, 4) is 11.3 Å². The Hall–Kier alpha value is -1.62. The lowest BCUT2D eigenvalue weighted by Crippen LogP contribution is -2.00. The van der Waals surface area contributed by atoms with Gasteiger partial charge in [0, 0.05) is 17.0 Å². The topological polar surface area (TPSA) is 55.1 Å². The Balaban J connectivity index is 2.22. The van der Waals surface area contributed by atoms with Crippen LogP contribution < -0.4 is 0 Å². The average Bonchev–Trinajstić information content (AvgIpc) is 2.90. The minimum absolute atomic E-state index is 0.428. The molecule has 94 valence electrons. The molecule has 2 aromatic rings. The summed E-state index contributed by atoms with van der Waals surface area (Å²) in [6.07, 6.45) is 4.79. The van der Waals surface area contributed by atoms with Gasteiger partial charge in [0.05, 0.1) is 11.9 Å². The number of fused-ring (bicyclic) bond motifs is 3. The van der Waals surface area contributed by atoms with Gasteiger partial charge >= 0.3 is 5.97 Å². The van der Waals surface area contributed by atoms with E-state index in [0.717, 1.165) is 37.1 Å². The summed E-state index contributed by atoms with van der Waals surface area (Å²) in [6.45, 7) is 3.02. The van der Waals surface area contributed by atoms with E-state index >= 15 is 0 Å². The lowest BCUT2D eigenvalue weighted by Gasteiger charge is -2.04. The minimum Gasteiger partial charge on any atom is -0.477 e. The number of carboxylic acids is 1. The number of carboxylic acid groups (broad SMARTS) is 1. The predicted molar refractivity (Wildman–Crippen MR) is 70.2 cm³/mol. The summed E-state index contributed by atoms with van der Waals surface area (Å²) in [4.78, 5) is 12.7. The second-order valence-corrected chi connectivity index (χ2v) is 5.59. The van der Waals surface area contributed by atoms with E-state index in [-0.39, 0.29) is 0 Å². The van der Waals surface area contributed by atoms with Gasteiger partial charge in [-0.2, -0.15) is 5.10 Å². The maximum atomic E-state index is 11.1. The summed E-state index contributed by atoms with van der Waals surface area (Å²) in [6, 6.07) is 1.81. The number of thiophene rings is 1. The standard InChI is InChI=1S/C13H14N2O2S/c1-2-8-7-14-15-5-3-4-10-9(12(8)15)6-11(18-10)13(16)17/h6-7H,2-5H2,1H3,(H,16,17). The maximum Gasteiger partial charge on any atom is 0.345 e. The van der Waals surface area contributed by atoms with Crippen LogP contribution in [0, 0.1) is 0 Å². The quantitative estimate of drug-likeness (QED) is 0.905. The van der Waals surface area contributed by atoms with Gasteiger partial charge in [0.1, 0.15) is 4.88 Å². The van der Waals surface area contributed by atoms with Crippen molar-refractivity contribution in [3.63, 3.8) is 0 Å². The van der Waals surface area contributed by atoms with Gasteiger partial charge in [-0.3, -0.25) is 4.68 Å². The Morgan fingerprint density at radius 3 is 3.17 bits per heavy atom. The monoisotopic (exact) mass is 262 g/mol. The number of aromatic nitrogens is 2. The van der Waals surface area contributed by atoms with Crippen LogP contribution in [-0.4, -0.2) is 20.9 Å². The molecule has 1 N–H and O–H groups in total. The summed E-state index contributed by atoms with van der Waals surface area (Å²) < 4.78 is 2.02. The number of carbonyl (C=O) groups is 1. The molecule has 0 atom stereocenters. The first-order valence-electron chi connectivity index (χ1n) is 6.11. The summed E-state index contributed by atoms with van der Waals surface area (Å²) >= 11 is 1.40. The van der Waals surface area contributed by atoms with E-state index in [4.69, 9.17) is 5.11 Å². The van der Waals surface area contributed by atoms with Crippen molar-refractivity contribution in [2.75, 3.05) is 0 Å². The fourth-order valence-corrected chi connectivity index (χ4v) is 3.52. The van der Waals surface area contributed by atoms with E-state index in [9.17, 15) is 4.79 Å². The molecule has 0 amide bonds. The van der Waals surface area contributed by atoms with Crippen molar-refractivity contribution in [3.05, 3.63) is 27.6 Å². The molecule has 0 unspecified atom stereocenters. The molecular weight excluding hydrogens is 248 g/mol. The van der Waals surface area contributed by atoms with Gasteiger partial charge < -0.3 is 5.11 Å². The molecule has 2 aromatic heterocycles. The number of rotatable bonds is 2. The molecule has 5 heteroatoms. The minimum atomic E-state index is -0.836. The van der Waals surface area contributed by atoms with E-state index in [1.54, 1.807) is 6.07 Å². The summed E-state index contributed by atoms with van der Waals surface area (Å²) in [7, 11) is 0. The molecule has 0 bridgehead atoms. The molecule has 0 radical (unpaired) electrons. The number of aromatic carboxylic acids is 1. The lowest BCUT2D eigenvalue weighted by atomic mass is 10.1. The molecule has 0 aliphatic carbocycles. The molecule has 0 fully saturated rings. The zero-order valence-corrected chi connectivity index (χ0v) is 11.0. The molecule has 0 saturated carbocycles. The van der Waals surface area contributed by atoms with Crippen molar-refractivity contribution in [1.82, 2.24) is 9.78 Å². The van der Waals surface area contributed by atoms with Crippen molar-refractivity contribution < 1.29 is 9.90 Å². The fourth-order valence-electron chi connectivity index (χ4n) is 2.47. The number of hydrogen-bond acceptors (Lipinski definition) is 3. The predicted octanol–water partition coefficient (Wildman–Crippen LogP) is 2.82. The first-order chi connectivity index (χ1) is 8.70. The van der Waals surface area contributed by atoms with Gasteiger partial charge in [0.25, 0.3) is 0 Å². The van der Waals surface area contributed by atoms with E-state index in [0.29, 0.717) is 4.88 Å². The molecule has 0 saturated heterocycles. The van der Waals surface area contributed by atoms with Crippen LogP contribution in [0.15, 0.2) is 12.3 Å². The first kappa shape index (κ1) is 11.5. The summed E-state index contributed by atoms with van der Waals surface area (Å²) in [5.41, 5.74) is 3.39. The highest BCUT2D eigenvalue weighted by Crippen LogP contribution is 2.37. The van der Waals surface area contributed by atoms with Crippen molar-refractivity contribution in [1.29, 1.82) is 0 Å². The molecule has 18 heavy (non-hydrogen) atoms. The molecule has 0 aromatic carbocycles. The van der Waals surface area contributed by atoms with Gasteiger partial charge in [-0.15, -0.1) is 11.3 Å². The third-order valence-electron chi connectivity index (χ3n) is 3.34. The number of aryl methyl sites for hydroxylation is 3. The van der Waals surface area contributed by atoms with Crippen LogP contribution >= 0.6 is 11.3 Å². The van der Waals surface area contributed by atoms with Crippen LogP contribution in [0.2, 0.25) is 0 Å². The van der Waals surface area contributed by atoms with E-state index in [1.165, 1.54) is 21.8 Å². The highest BCUT2D eigenvalue weighted by Gasteiger charge is 2.22. The average molecular weight is 262 g/mol. The van der Waals surface area contributed by atoms with E-state index in [1.807, 2.05) is 10.9 Å². The second kappa shape index (κ2) is 4.24. The normalized spacial score (nSPS) is 13.8. The SMILES string of the molecule is CCc1cnn2c1-c1cc(C(=O)O)sc1CCC2. The van der Waals surface area contributed by atoms with Crippen molar-refractivity contribution in [2.45, 2.75) is 32.7 Å². The van der Waals surface area contributed by atoms with Gasteiger partial charge in [-0.25, -0.2) is 4.79 Å². The lowest BCUT2D eigenvalue weighted by molar-refractivity contribution is 0.0702. The second-order valence-electron chi connectivity index (χ2n) is 4.45. The van der Waals surface area contributed by atoms with Crippen LogP contribution in [0.5, 0.6) is 0 Å². The van der Waals surface area contributed by atoms with E-state index in [2.05, 4.69) is 12.0 Å². The Morgan fingerprint density at radius 1 is 1.61 bits per heavy atom. The molecule has 3 heterocycles. The zero-order valence-electron chi connectivity index (χ0n) is 10.1. The van der Waals surface area contributed by atoms with Crippen molar-refractivity contribution >= 4 is 17.3 Å². The van der Waals surface area contributed by atoms with Gasteiger partial charge in [-0.1, -0.05) is 6.92 Å². The molecule has 1 aliphatic rings. The van der Waals surface area contributed by atoms with Crippen LogP contribution in [-0.2, 0) is 19.4 Å². The van der Waals surface area contributed by atoms with Crippen LogP contribution in [0.3, 0.4) is 0 Å². The molecule has 3 rings (SSSR count). The smallest absolute Gasteiger partial charge is 0.345 e. The number of hydrogen-bond donors (Lipinski definition) is 1. The Labute approximate surface area is 109 Å². The highest BCUT2D eigenvalue weighted by molar-refractivity contribution is 7.14. The zero-order chi connectivity index (χ0) is 12.7. The molecular formula is C13H14N2O2S. The van der Waals surface area contributed by atoms with Gasteiger partial charge in [0.15, 0.2) is 0 Å². The van der Waals surface area contributed by atoms with Crippen molar-refractivity contribution in [2.24, 2.45) is 0 Å². The summed E-state index contributed by atoms with van der Waals surface area (Å²) in [5.74, 6) is -0.836. The highest BCUT2D eigenvalue weighted by atomic mass is 32.1. The van der Waals surface area contributed by atoms with Crippen LogP contribution in [0.4, 0.5) is 0 Å². The molecule has 1 aliphatic heterocycles. The number of nitrogens with zero attached hydrogens (tertiary/aromatic N) is 2. The molecule has 4 nitrogen and oxygen atoms in total. The molecule has 0 spiro atoms. The maximum absolute atomic E-state index is 11.1. The van der Waals surface area contributed by atoms with E-state index < -0.39 is 5.97 Å². The van der Waals surface area contributed by atoms with Gasteiger partial charge in [-0.05, 0) is 30.9 Å². The Bertz CT molecular complexity index is 613. The first-order valence-corrected chi connectivity index (χ1v) is 6.93. The third kappa shape index (κ3) is 1.66. The largest absolute Gasteiger partial charge is 0.477 e. The Kier molecular flexibility index (Phi) is 2.70. The van der Waals surface area contributed by atoms with Gasteiger partial charge in [0.2, 0.25) is 0 Å². The van der Waals surface area contributed by atoms with Crippen LogP contribution in [0.1, 0.15) is 33.5 Å².